The molecule has 3 aromatic carbocycles. The van der Waals surface area contributed by atoms with Gasteiger partial charge in [-0.3, -0.25) is 0 Å². The Morgan fingerprint density at radius 1 is 1.07 bits per heavy atom. The quantitative estimate of drug-likeness (QED) is 0.504. The summed E-state index contributed by atoms with van der Waals surface area (Å²) in [5, 5.41) is 11.8. The summed E-state index contributed by atoms with van der Waals surface area (Å²) in [5.41, 5.74) is 4.99. The smallest absolute Gasteiger partial charge is 0.341 e. The van der Waals surface area contributed by atoms with Gasteiger partial charge in [-0.2, -0.15) is 0 Å². The molecule has 0 aliphatic heterocycles. The monoisotopic (exact) mass is 409 g/mol. The third-order valence-electron chi connectivity index (χ3n) is 4.53. The number of carbonyl (C=O) groups is 1. The van der Waals surface area contributed by atoms with E-state index < -0.39 is 18.4 Å². The average Bonchev–Trinajstić information content (AvgIpc) is 2.72. The second-order valence-corrected chi connectivity index (χ2v) is 6.79. The van der Waals surface area contributed by atoms with Crippen molar-refractivity contribution >= 4 is 11.7 Å². The lowest BCUT2D eigenvalue weighted by molar-refractivity contribution is -0.139. The molecule has 6 heteroatoms. The predicted molar refractivity (Wildman–Crippen MR) is 115 cm³/mol. The highest BCUT2D eigenvalue weighted by atomic mass is 19.1. The highest BCUT2D eigenvalue weighted by molar-refractivity contribution is 5.69. The number of hydrogen-bond donors (Lipinski definition) is 2. The fourth-order valence-electron chi connectivity index (χ4n) is 3.14. The lowest BCUT2D eigenvalue weighted by Crippen LogP contribution is -2.10. The summed E-state index contributed by atoms with van der Waals surface area (Å²) in [4.78, 5) is 10.5. The van der Waals surface area contributed by atoms with Crippen LogP contribution in [0.15, 0.2) is 60.7 Å². The van der Waals surface area contributed by atoms with Gasteiger partial charge in [-0.1, -0.05) is 24.3 Å². The summed E-state index contributed by atoms with van der Waals surface area (Å²) in [6, 6.07) is 18.5. The maximum absolute atomic E-state index is 14.1. The van der Waals surface area contributed by atoms with Gasteiger partial charge in [0.25, 0.3) is 0 Å². The van der Waals surface area contributed by atoms with Gasteiger partial charge in [-0.15, -0.1) is 0 Å². The molecule has 0 heterocycles. The van der Waals surface area contributed by atoms with Crippen LogP contribution in [-0.2, 0) is 11.3 Å². The molecule has 3 rings (SSSR count). The second-order valence-electron chi connectivity index (χ2n) is 6.79. The average molecular weight is 409 g/mol. The van der Waals surface area contributed by atoms with Crippen molar-refractivity contribution in [2.45, 2.75) is 20.4 Å². The van der Waals surface area contributed by atoms with Gasteiger partial charge in [-0.25, -0.2) is 9.18 Å². The van der Waals surface area contributed by atoms with Crippen LogP contribution < -0.4 is 14.8 Å². The van der Waals surface area contributed by atoms with Gasteiger partial charge in [-0.05, 0) is 66.4 Å². The van der Waals surface area contributed by atoms with E-state index in [1.54, 1.807) is 6.07 Å². The number of carboxylic acid groups (broad SMARTS) is 1. The van der Waals surface area contributed by atoms with Crippen LogP contribution in [0.1, 0.15) is 18.1 Å². The van der Waals surface area contributed by atoms with E-state index in [9.17, 15) is 9.18 Å². The van der Waals surface area contributed by atoms with Crippen molar-refractivity contribution in [3.05, 3.63) is 77.6 Å². The summed E-state index contributed by atoms with van der Waals surface area (Å²) in [7, 11) is 0. The van der Waals surface area contributed by atoms with Crippen molar-refractivity contribution < 1.29 is 23.8 Å². The first-order valence-electron chi connectivity index (χ1n) is 9.67. The zero-order chi connectivity index (χ0) is 21.5. The van der Waals surface area contributed by atoms with Crippen LogP contribution in [0.25, 0.3) is 11.1 Å². The lowest BCUT2D eigenvalue weighted by Gasteiger charge is -2.12. The highest BCUT2D eigenvalue weighted by Gasteiger charge is 2.08. The number of carboxylic acids is 1. The maximum Gasteiger partial charge on any atom is 0.341 e. The van der Waals surface area contributed by atoms with Crippen molar-refractivity contribution in [2.75, 3.05) is 18.5 Å². The number of anilines is 1. The molecule has 2 N–H and O–H groups in total. The molecular formula is C24H24FNO4. The van der Waals surface area contributed by atoms with Gasteiger partial charge in [0.1, 0.15) is 5.75 Å². The van der Waals surface area contributed by atoms with Crippen LogP contribution in [0.3, 0.4) is 0 Å². The van der Waals surface area contributed by atoms with Gasteiger partial charge in [0.05, 0.1) is 6.61 Å². The number of aryl methyl sites for hydroxylation is 1. The molecule has 0 spiro atoms. The van der Waals surface area contributed by atoms with Crippen molar-refractivity contribution in [1.29, 1.82) is 0 Å². The summed E-state index contributed by atoms with van der Waals surface area (Å²) in [6.45, 7) is 4.58. The Labute approximate surface area is 175 Å². The van der Waals surface area contributed by atoms with E-state index in [2.05, 4.69) is 30.4 Å². The first-order chi connectivity index (χ1) is 14.5. The fraction of sp³-hybridized carbons (Fsp3) is 0.208. The van der Waals surface area contributed by atoms with Crippen molar-refractivity contribution in [3.63, 3.8) is 0 Å². The topological polar surface area (TPSA) is 67.8 Å². The van der Waals surface area contributed by atoms with Crippen LogP contribution in [0.4, 0.5) is 10.1 Å². The van der Waals surface area contributed by atoms with Gasteiger partial charge in [0.15, 0.2) is 18.2 Å². The van der Waals surface area contributed by atoms with Crippen LogP contribution in [0.5, 0.6) is 11.5 Å². The molecule has 0 aromatic heterocycles. The number of halogens is 1. The van der Waals surface area contributed by atoms with Crippen LogP contribution in [-0.4, -0.2) is 24.3 Å². The second kappa shape index (κ2) is 9.78. The van der Waals surface area contributed by atoms with Crippen LogP contribution >= 0.6 is 0 Å². The zero-order valence-corrected chi connectivity index (χ0v) is 16.9. The minimum atomic E-state index is -1.15. The summed E-state index contributed by atoms with van der Waals surface area (Å²) in [6.07, 6.45) is 0. The van der Waals surface area contributed by atoms with Gasteiger partial charge >= 0.3 is 5.97 Å². The number of ether oxygens (including phenoxy) is 2. The Balaban J connectivity index is 1.69. The third kappa shape index (κ3) is 5.50. The summed E-state index contributed by atoms with van der Waals surface area (Å²) in [5.74, 6) is -0.996. The lowest BCUT2D eigenvalue weighted by atomic mass is 9.98. The molecule has 0 atom stereocenters. The summed E-state index contributed by atoms with van der Waals surface area (Å²) < 4.78 is 24.5. The number of nitrogens with one attached hydrogen (secondary N) is 1. The largest absolute Gasteiger partial charge is 0.494 e. The Kier molecular flexibility index (Phi) is 6.91. The molecule has 3 aromatic rings. The van der Waals surface area contributed by atoms with Gasteiger partial charge in [0, 0.05) is 18.3 Å². The van der Waals surface area contributed by atoms with Gasteiger partial charge < -0.3 is 19.9 Å². The molecule has 156 valence electrons. The highest BCUT2D eigenvalue weighted by Crippen LogP contribution is 2.28. The van der Waals surface area contributed by atoms with E-state index in [1.807, 2.05) is 31.2 Å². The van der Waals surface area contributed by atoms with E-state index in [1.165, 1.54) is 12.1 Å². The van der Waals surface area contributed by atoms with Crippen LogP contribution in [0, 0.1) is 12.7 Å². The summed E-state index contributed by atoms with van der Waals surface area (Å²) >= 11 is 0. The molecule has 0 unspecified atom stereocenters. The van der Waals surface area contributed by atoms with Crippen molar-refractivity contribution in [1.82, 2.24) is 0 Å². The molecule has 30 heavy (non-hydrogen) atoms. The van der Waals surface area contributed by atoms with E-state index in [-0.39, 0.29) is 5.75 Å². The van der Waals surface area contributed by atoms with Crippen LogP contribution in [0.2, 0.25) is 0 Å². The predicted octanol–water partition coefficient (Wildman–Crippen LogP) is 5.28. The van der Waals surface area contributed by atoms with E-state index in [0.29, 0.717) is 18.8 Å². The fourth-order valence-corrected chi connectivity index (χ4v) is 3.14. The Hall–Kier alpha value is -3.54. The standard InChI is InChI=1S/C24H24FNO4/c1-3-29-20-8-9-21(16(2)11-20)18-6-4-5-17(12-18)14-26-19-7-10-23(22(25)13-19)30-15-24(27)28/h4-13,26H,3,14-15H2,1-2H3,(H,27,28). The first-order valence-corrected chi connectivity index (χ1v) is 9.67. The molecule has 0 bridgehead atoms. The first kappa shape index (κ1) is 21.2. The molecule has 0 radical (unpaired) electrons. The molecule has 0 saturated heterocycles. The van der Waals surface area contributed by atoms with Crippen molar-refractivity contribution in [3.8, 4) is 22.6 Å². The Bertz CT molecular complexity index is 1040. The number of hydrogen-bond acceptors (Lipinski definition) is 4. The van der Waals surface area contributed by atoms with E-state index in [4.69, 9.17) is 14.6 Å². The minimum absolute atomic E-state index is 0.0871. The maximum atomic E-state index is 14.1. The van der Waals surface area contributed by atoms with E-state index >= 15 is 0 Å². The van der Waals surface area contributed by atoms with Gasteiger partial charge in [0.2, 0.25) is 0 Å². The van der Waals surface area contributed by atoms with E-state index in [0.717, 1.165) is 28.0 Å². The minimum Gasteiger partial charge on any atom is -0.494 e. The molecule has 0 aliphatic rings. The molecule has 5 nitrogen and oxygen atoms in total. The number of benzene rings is 3. The molecule has 0 fully saturated rings. The number of aliphatic carboxylic acids is 1. The zero-order valence-electron chi connectivity index (χ0n) is 16.9. The number of rotatable bonds is 9. The molecule has 0 saturated carbocycles. The molecular weight excluding hydrogens is 385 g/mol. The Morgan fingerprint density at radius 2 is 1.90 bits per heavy atom. The third-order valence-corrected chi connectivity index (χ3v) is 4.53. The molecule has 0 amide bonds. The van der Waals surface area contributed by atoms with Crippen molar-refractivity contribution in [2.24, 2.45) is 0 Å². The SMILES string of the molecule is CCOc1ccc(-c2cccc(CNc3ccc(OCC(=O)O)c(F)c3)c2)c(C)c1. The Morgan fingerprint density at radius 3 is 2.60 bits per heavy atom. The molecule has 0 aliphatic carbocycles. The normalized spacial score (nSPS) is 10.5.